The van der Waals surface area contributed by atoms with Crippen molar-refractivity contribution in [2.45, 2.75) is 75.3 Å². The first-order valence-electron chi connectivity index (χ1n) is 13.5. The highest BCUT2D eigenvalue weighted by Gasteiger charge is 2.44. The predicted molar refractivity (Wildman–Crippen MR) is 151 cm³/mol. The van der Waals surface area contributed by atoms with Gasteiger partial charge in [-0.15, -0.1) is 11.8 Å². The molecule has 0 aliphatic carbocycles. The molecule has 3 aromatic carbocycles. The summed E-state index contributed by atoms with van der Waals surface area (Å²) in [5, 5.41) is 0. The van der Waals surface area contributed by atoms with Gasteiger partial charge >= 0.3 is 5.97 Å². The molecule has 6 heteroatoms. The van der Waals surface area contributed by atoms with E-state index in [1.54, 1.807) is 19.1 Å². The molecule has 0 saturated carbocycles. The first-order chi connectivity index (χ1) is 18.4. The Morgan fingerprint density at radius 3 is 2.08 bits per heavy atom. The van der Waals surface area contributed by atoms with Crippen LogP contribution in [0.2, 0.25) is 0 Å². The van der Waals surface area contributed by atoms with E-state index in [-0.39, 0.29) is 30.1 Å². The van der Waals surface area contributed by atoms with Gasteiger partial charge in [0.1, 0.15) is 11.9 Å². The fourth-order valence-corrected chi connectivity index (χ4v) is 6.77. The number of carbonyl (C=O) groups excluding carboxylic acids is 2. The van der Waals surface area contributed by atoms with Gasteiger partial charge in [0, 0.05) is 41.1 Å². The highest BCUT2D eigenvalue weighted by molar-refractivity contribution is 7.98. The quantitative estimate of drug-likeness (QED) is 0.233. The molecule has 5 nitrogen and oxygen atoms in total. The number of amides is 1. The Hall–Kier alpha value is -3.25. The fourth-order valence-electron chi connectivity index (χ4n) is 5.71. The summed E-state index contributed by atoms with van der Waals surface area (Å²) in [6.07, 6.45) is 3.75. The molecular weight excluding hydrogens is 494 g/mol. The van der Waals surface area contributed by atoms with Gasteiger partial charge < -0.3 is 14.4 Å². The number of piperidine rings is 1. The molecule has 2 saturated heterocycles. The van der Waals surface area contributed by atoms with Crippen LogP contribution in [0.5, 0.6) is 5.75 Å². The molecule has 2 aliphatic rings. The molecule has 2 bridgehead atoms. The Labute approximate surface area is 229 Å². The van der Waals surface area contributed by atoms with Crippen molar-refractivity contribution in [3.63, 3.8) is 0 Å². The topological polar surface area (TPSA) is 55.8 Å². The lowest BCUT2D eigenvalue weighted by Crippen LogP contribution is -2.49. The number of hydrogen-bond donors (Lipinski definition) is 0. The number of carbonyl (C=O) groups is 2. The zero-order chi connectivity index (χ0) is 26.6. The minimum atomic E-state index is -0.322. The van der Waals surface area contributed by atoms with E-state index in [2.05, 4.69) is 49.1 Å². The summed E-state index contributed by atoms with van der Waals surface area (Å²) < 4.78 is 11.3. The van der Waals surface area contributed by atoms with Crippen LogP contribution >= 0.6 is 11.8 Å². The van der Waals surface area contributed by atoms with Gasteiger partial charge in [0.2, 0.25) is 0 Å². The summed E-state index contributed by atoms with van der Waals surface area (Å²) in [6.45, 7) is 6.41. The predicted octanol–water partition coefficient (Wildman–Crippen LogP) is 6.99. The van der Waals surface area contributed by atoms with Gasteiger partial charge in [0.05, 0.1) is 12.2 Å². The van der Waals surface area contributed by atoms with E-state index < -0.39 is 0 Å². The number of nitrogens with zero attached hydrogens (tertiary/aromatic N) is 1. The molecule has 1 amide bonds. The van der Waals surface area contributed by atoms with Gasteiger partial charge in [0.25, 0.3) is 5.91 Å². The number of thioether (sulfide) groups is 1. The highest BCUT2D eigenvalue weighted by atomic mass is 32.2. The zero-order valence-electron chi connectivity index (χ0n) is 22.3. The van der Waals surface area contributed by atoms with Crippen LogP contribution in [0.1, 0.15) is 70.0 Å². The van der Waals surface area contributed by atoms with Crippen LogP contribution in [-0.4, -0.2) is 41.6 Å². The SMILES string of the molecule is CCOC(=O)c1ccc(OC2CC3CCC(C2)N3C(=O)c2ccc(CSc3cc(C)cc(C)c3)cc2)cc1. The summed E-state index contributed by atoms with van der Waals surface area (Å²) in [5.74, 6) is 1.43. The molecule has 2 aliphatic heterocycles. The van der Waals surface area contributed by atoms with Crippen LogP contribution < -0.4 is 4.74 Å². The Morgan fingerprint density at radius 1 is 0.868 bits per heavy atom. The Morgan fingerprint density at radius 2 is 1.47 bits per heavy atom. The van der Waals surface area contributed by atoms with E-state index in [1.165, 1.54) is 21.6 Å². The molecule has 5 rings (SSSR count). The van der Waals surface area contributed by atoms with Crippen molar-refractivity contribution in [1.82, 2.24) is 4.90 Å². The number of aryl methyl sites for hydroxylation is 2. The number of ether oxygens (including phenoxy) is 2. The van der Waals surface area contributed by atoms with Crippen LogP contribution in [0.4, 0.5) is 0 Å². The Balaban J connectivity index is 1.17. The monoisotopic (exact) mass is 529 g/mol. The summed E-state index contributed by atoms with van der Waals surface area (Å²) in [5.41, 5.74) is 5.06. The average molecular weight is 530 g/mol. The third kappa shape index (κ3) is 6.07. The smallest absolute Gasteiger partial charge is 0.338 e. The summed E-state index contributed by atoms with van der Waals surface area (Å²) in [6, 6.07) is 22.3. The lowest BCUT2D eigenvalue weighted by molar-refractivity contribution is 0.0359. The maximum atomic E-state index is 13.5. The first kappa shape index (κ1) is 26.4. The standard InChI is InChI=1S/C32H35NO4S/c1-4-36-32(35)25-9-13-28(14-10-25)37-29-18-26-11-12-27(19-29)33(26)31(34)24-7-5-23(6-8-24)20-38-30-16-21(2)15-22(3)17-30/h5-10,13-17,26-27,29H,4,11-12,18-20H2,1-3H3. The molecule has 0 aromatic heterocycles. The molecule has 2 fully saturated rings. The summed E-state index contributed by atoms with van der Waals surface area (Å²) in [4.78, 5) is 28.7. The molecule has 2 unspecified atom stereocenters. The number of rotatable bonds is 8. The Bertz CT molecular complexity index is 1250. The van der Waals surface area contributed by atoms with E-state index >= 15 is 0 Å². The minimum absolute atomic E-state index is 0.0645. The van der Waals surface area contributed by atoms with E-state index in [0.29, 0.717) is 12.2 Å². The largest absolute Gasteiger partial charge is 0.490 e. The highest BCUT2D eigenvalue weighted by Crippen LogP contribution is 2.38. The van der Waals surface area contributed by atoms with Gasteiger partial charge in [-0.25, -0.2) is 4.79 Å². The molecule has 3 aromatic rings. The third-order valence-electron chi connectivity index (χ3n) is 7.39. The van der Waals surface area contributed by atoms with Crippen LogP contribution in [0.15, 0.2) is 71.6 Å². The molecule has 0 radical (unpaired) electrons. The molecule has 0 spiro atoms. The molecule has 2 heterocycles. The number of esters is 1. The zero-order valence-corrected chi connectivity index (χ0v) is 23.1. The van der Waals surface area contributed by atoms with Crippen molar-refractivity contribution in [3.05, 3.63) is 94.5 Å². The number of fused-ring (bicyclic) bond motifs is 2. The molecule has 0 N–H and O–H groups in total. The van der Waals surface area contributed by atoms with Gasteiger partial charge in [-0.2, -0.15) is 0 Å². The second-order valence-electron chi connectivity index (χ2n) is 10.4. The van der Waals surface area contributed by atoms with Crippen molar-refractivity contribution in [3.8, 4) is 5.75 Å². The lowest BCUT2D eigenvalue weighted by Gasteiger charge is -2.39. The maximum absolute atomic E-state index is 13.5. The van der Waals surface area contributed by atoms with Crippen molar-refractivity contribution in [1.29, 1.82) is 0 Å². The molecule has 198 valence electrons. The van der Waals surface area contributed by atoms with E-state index in [4.69, 9.17) is 9.47 Å². The van der Waals surface area contributed by atoms with E-state index in [1.807, 2.05) is 36.0 Å². The van der Waals surface area contributed by atoms with E-state index in [0.717, 1.165) is 42.7 Å². The van der Waals surface area contributed by atoms with Crippen molar-refractivity contribution in [2.75, 3.05) is 6.61 Å². The molecular formula is C32H35NO4S. The Kier molecular flexibility index (Phi) is 8.08. The van der Waals surface area contributed by atoms with Crippen molar-refractivity contribution in [2.24, 2.45) is 0 Å². The van der Waals surface area contributed by atoms with Crippen LogP contribution in [0.25, 0.3) is 0 Å². The number of hydrogen-bond acceptors (Lipinski definition) is 5. The van der Waals surface area contributed by atoms with Gasteiger partial charge in [-0.1, -0.05) is 18.2 Å². The second kappa shape index (κ2) is 11.6. The first-order valence-corrected chi connectivity index (χ1v) is 14.4. The normalized spacial score (nSPS) is 20.3. The van der Waals surface area contributed by atoms with Gasteiger partial charge in [-0.05, 0) is 98.8 Å². The van der Waals surface area contributed by atoms with Crippen LogP contribution in [0.3, 0.4) is 0 Å². The summed E-state index contributed by atoms with van der Waals surface area (Å²) in [7, 11) is 0. The lowest BCUT2D eigenvalue weighted by atomic mass is 9.98. The molecule has 2 atom stereocenters. The molecule has 38 heavy (non-hydrogen) atoms. The fraction of sp³-hybridized carbons (Fsp3) is 0.375. The minimum Gasteiger partial charge on any atom is -0.490 e. The van der Waals surface area contributed by atoms with Crippen molar-refractivity contribution >= 4 is 23.6 Å². The van der Waals surface area contributed by atoms with Crippen molar-refractivity contribution < 1.29 is 19.1 Å². The summed E-state index contributed by atoms with van der Waals surface area (Å²) >= 11 is 1.83. The van der Waals surface area contributed by atoms with Crippen LogP contribution in [-0.2, 0) is 10.5 Å². The van der Waals surface area contributed by atoms with Crippen LogP contribution in [0, 0.1) is 13.8 Å². The van der Waals surface area contributed by atoms with Gasteiger partial charge in [-0.3, -0.25) is 4.79 Å². The second-order valence-corrected chi connectivity index (χ2v) is 11.4. The average Bonchev–Trinajstić information content (AvgIpc) is 3.17. The third-order valence-corrected chi connectivity index (χ3v) is 8.44. The maximum Gasteiger partial charge on any atom is 0.338 e. The van der Waals surface area contributed by atoms with Gasteiger partial charge in [0.15, 0.2) is 0 Å². The number of benzene rings is 3. The van der Waals surface area contributed by atoms with E-state index in [9.17, 15) is 9.59 Å².